The summed E-state index contributed by atoms with van der Waals surface area (Å²) in [5.74, 6) is 0.869. The maximum absolute atomic E-state index is 12.1. The highest BCUT2D eigenvalue weighted by molar-refractivity contribution is 5.92. The number of amides is 1. The number of ether oxygens (including phenoxy) is 1. The van der Waals surface area contributed by atoms with Crippen molar-refractivity contribution in [3.8, 4) is 5.75 Å². The third kappa shape index (κ3) is 5.76. The van der Waals surface area contributed by atoms with Crippen LogP contribution in [0.15, 0.2) is 24.3 Å². The van der Waals surface area contributed by atoms with E-state index >= 15 is 0 Å². The zero-order chi connectivity index (χ0) is 14.9. The lowest BCUT2D eigenvalue weighted by atomic mass is 10.2. The topological polar surface area (TPSA) is 41.6 Å². The molecule has 2 rings (SSSR count). The summed E-state index contributed by atoms with van der Waals surface area (Å²) < 4.78 is 5.58. The minimum absolute atomic E-state index is 0.0598. The van der Waals surface area contributed by atoms with Crippen LogP contribution >= 0.6 is 0 Å². The summed E-state index contributed by atoms with van der Waals surface area (Å²) in [6.07, 6.45) is 5.96. The quantitative estimate of drug-likeness (QED) is 0.874. The molecule has 1 amide bonds. The van der Waals surface area contributed by atoms with Crippen molar-refractivity contribution in [1.29, 1.82) is 0 Å². The first-order valence-electron chi connectivity index (χ1n) is 8.03. The van der Waals surface area contributed by atoms with Gasteiger partial charge in [0.2, 0.25) is 5.91 Å². The van der Waals surface area contributed by atoms with Gasteiger partial charge in [-0.05, 0) is 44.5 Å². The highest BCUT2D eigenvalue weighted by Crippen LogP contribution is 2.17. The van der Waals surface area contributed by atoms with Crippen LogP contribution in [0.3, 0.4) is 0 Å². The molecule has 21 heavy (non-hydrogen) atoms. The first-order valence-corrected chi connectivity index (χ1v) is 8.03. The number of nitrogens with zero attached hydrogens (tertiary/aromatic N) is 1. The van der Waals surface area contributed by atoms with E-state index in [-0.39, 0.29) is 5.91 Å². The van der Waals surface area contributed by atoms with E-state index < -0.39 is 0 Å². The van der Waals surface area contributed by atoms with E-state index in [0.29, 0.717) is 13.2 Å². The molecule has 1 fully saturated rings. The second kappa shape index (κ2) is 8.67. The summed E-state index contributed by atoms with van der Waals surface area (Å²) >= 11 is 0. The minimum atomic E-state index is 0.0598. The third-order valence-electron chi connectivity index (χ3n) is 3.66. The van der Waals surface area contributed by atoms with Crippen molar-refractivity contribution in [2.45, 2.75) is 39.0 Å². The Balaban J connectivity index is 1.83. The Hall–Kier alpha value is -1.55. The van der Waals surface area contributed by atoms with Crippen LogP contribution in [-0.2, 0) is 4.79 Å². The standard InChI is InChI=1S/C17H26N2O2/c1-2-12-21-16-9-7-8-15(13-16)18-17(20)14-19-10-5-3-4-6-11-19/h7-9,13H,2-6,10-12,14H2,1H3,(H,18,20). The van der Waals surface area contributed by atoms with Gasteiger partial charge in [0.15, 0.2) is 0 Å². The van der Waals surface area contributed by atoms with Crippen molar-refractivity contribution in [3.05, 3.63) is 24.3 Å². The zero-order valence-corrected chi connectivity index (χ0v) is 12.9. The predicted octanol–water partition coefficient (Wildman–Crippen LogP) is 3.29. The number of carbonyl (C=O) groups is 1. The molecule has 0 aliphatic carbocycles. The average Bonchev–Trinajstić information content (AvgIpc) is 2.74. The first-order chi connectivity index (χ1) is 10.3. The highest BCUT2D eigenvalue weighted by atomic mass is 16.5. The molecule has 1 aliphatic rings. The van der Waals surface area contributed by atoms with Gasteiger partial charge in [0.25, 0.3) is 0 Å². The monoisotopic (exact) mass is 290 g/mol. The second-order valence-corrected chi connectivity index (χ2v) is 5.61. The van der Waals surface area contributed by atoms with Gasteiger partial charge in [0.05, 0.1) is 13.2 Å². The fourth-order valence-corrected chi connectivity index (χ4v) is 2.58. The summed E-state index contributed by atoms with van der Waals surface area (Å²) in [5, 5.41) is 2.97. The van der Waals surface area contributed by atoms with Crippen molar-refractivity contribution in [3.63, 3.8) is 0 Å². The molecule has 0 atom stereocenters. The smallest absolute Gasteiger partial charge is 0.238 e. The highest BCUT2D eigenvalue weighted by Gasteiger charge is 2.13. The Bertz CT molecular complexity index is 440. The first kappa shape index (κ1) is 15.8. The van der Waals surface area contributed by atoms with Gasteiger partial charge in [-0.3, -0.25) is 9.69 Å². The third-order valence-corrected chi connectivity index (χ3v) is 3.66. The number of likely N-dealkylation sites (tertiary alicyclic amines) is 1. The maximum Gasteiger partial charge on any atom is 0.238 e. The van der Waals surface area contributed by atoms with Crippen molar-refractivity contribution >= 4 is 11.6 Å². The van der Waals surface area contributed by atoms with E-state index in [4.69, 9.17) is 4.74 Å². The van der Waals surface area contributed by atoms with Gasteiger partial charge in [0.1, 0.15) is 5.75 Å². The molecule has 0 unspecified atom stereocenters. The van der Waals surface area contributed by atoms with Crippen LogP contribution in [0.2, 0.25) is 0 Å². The molecule has 1 aromatic rings. The van der Waals surface area contributed by atoms with Gasteiger partial charge in [-0.1, -0.05) is 25.8 Å². The number of hydrogen-bond donors (Lipinski definition) is 1. The van der Waals surface area contributed by atoms with Crippen LogP contribution in [0.25, 0.3) is 0 Å². The minimum Gasteiger partial charge on any atom is -0.494 e. The summed E-state index contributed by atoms with van der Waals surface area (Å²) in [6, 6.07) is 7.61. The molecule has 4 heteroatoms. The van der Waals surface area contributed by atoms with Gasteiger partial charge in [-0.25, -0.2) is 0 Å². The second-order valence-electron chi connectivity index (χ2n) is 5.61. The number of anilines is 1. The van der Waals surface area contributed by atoms with Gasteiger partial charge in [0, 0.05) is 11.8 Å². The molecule has 1 aliphatic heterocycles. The molecular formula is C17H26N2O2. The molecule has 4 nitrogen and oxygen atoms in total. The number of carbonyl (C=O) groups excluding carboxylic acids is 1. The summed E-state index contributed by atoms with van der Waals surface area (Å²) in [4.78, 5) is 14.4. The Labute approximate surface area is 127 Å². The van der Waals surface area contributed by atoms with E-state index in [1.165, 1.54) is 25.7 Å². The molecule has 0 saturated carbocycles. The van der Waals surface area contributed by atoms with Crippen molar-refractivity contribution in [2.24, 2.45) is 0 Å². The molecule has 0 radical (unpaired) electrons. The Kier molecular flexibility index (Phi) is 6.54. The summed E-state index contributed by atoms with van der Waals surface area (Å²) in [6.45, 7) is 5.33. The molecular weight excluding hydrogens is 264 g/mol. The van der Waals surface area contributed by atoms with Crippen LogP contribution in [0.5, 0.6) is 5.75 Å². The lowest BCUT2D eigenvalue weighted by molar-refractivity contribution is -0.117. The summed E-state index contributed by atoms with van der Waals surface area (Å²) in [7, 11) is 0. The molecule has 0 aromatic heterocycles. The lowest BCUT2D eigenvalue weighted by Gasteiger charge is -2.19. The maximum atomic E-state index is 12.1. The fraction of sp³-hybridized carbons (Fsp3) is 0.588. The molecule has 1 aromatic carbocycles. The zero-order valence-electron chi connectivity index (χ0n) is 12.9. The van der Waals surface area contributed by atoms with Crippen molar-refractivity contribution < 1.29 is 9.53 Å². The van der Waals surface area contributed by atoms with E-state index in [9.17, 15) is 4.79 Å². The van der Waals surface area contributed by atoms with Crippen LogP contribution in [0.4, 0.5) is 5.69 Å². The summed E-state index contributed by atoms with van der Waals surface area (Å²) in [5.41, 5.74) is 0.809. The average molecular weight is 290 g/mol. The van der Waals surface area contributed by atoms with Crippen molar-refractivity contribution in [2.75, 3.05) is 31.6 Å². The predicted molar refractivity (Wildman–Crippen MR) is 85.8 cm³/mol. The van der Waals surface area contributed by atoms with Gasteiger partial charge < -0.3 is 10.1 Å². The van der Waals surface area contributed by atoms with Gasteiger partial charge in [-0.15, -0.1) is 0 Å². The Morgan fingerprint density at radius 1 is 1.24 bits per heavy atom. The van der Waals surface area contributed by atoms with Gasteiger partial charge >= 0.3 is 0 Å². The SMILES string of the molecule is CCCOc1cccc(NC(=O)CN2CCCCCC2)c1. The van der Waals surface area contributed by atoms with Crippen LogP contribution in [0, 0.1) is 0 Å². The molecule has 1 N–H and O–H groups in total. The number of hydrogen-bond acceptors (Lipinski definition) is 3. The van der Waals surface area contributed by atoms with E-state index in [1.54, 1.807) is 0 Å². The lowest BCUT2D eigenvalue weighted by Crippen LogP contribution is -2.33. The van der Waals surface area contributed by atoms with Crippen LogP contribution < -0.4 is 10.1 Å². The van der Waals surface area contributed by atoms with Crippen LogP contribution in [-0.4, -0.2) is 37.0 Å². The molecule has 0 spiro atoms. The fourth-order valence-electron chi connectivity index (χ4n) is 2.58. The number of nitrogens with one attached hydrogen (secondary N) is 1. The van der Waals surface area contributed by atoms with Crippen LogP contribution in [0.1, 0.15) is 39.0 Å². The number of rotatable bonds is 6. The molecule has 1 saturated heterocycles. The molecule has 0 bridgehead atoms. The number of benzene rings is 1. The normalized spacial score (nSPS) is 16.2. The molecule has 1 heterocycles. The Morgan fingerprint density at radius 3 is 2.71 bits per heavy atom. The van der Waals surface area contributed by atoms with E-state index in [2.05, 4.69) is 17.1 Å². The molecule has 116 valence electrons. The van der Waals surface area contributed by atoms with E-state index in [0.717, 1.165) is 30.9 Å². The van der Waals surface area contributed by atoms with E-state index in [1.807, 2.05) is 24.3 Å². The largest absolute Gasteiger partial charge is 0.494 e. The Morgan fingerprint density at radius 2 is 2.00 bits per heavy atom. The van der Waals surface area contributed by atoms with Gasteiger partial charge in [-0.2, -0.15) is 0 Å². The van der Waals surface area contributed by atoms with Crippen molar-refractivity contribution in [1.82, 2.24) is 4.90 Å².